The van der Waals surface area contributed by atoms with Crippen molar-refractivity contribution in [3.05, 3.63) is 35.1 Å². The Kier molecular flexibility index (Phi) is 4.99. The highest BCUT2D eigenvalue weighted by atomic mass is 35.5. The van der Waals surface area contributed by atoms with Gasteiger partial charge in [0.1, 0.15) is 6.07 Å². The molecule has 1 aliphatic heterocycles. The van der Waals surface area contributed by atoms with Crippen LogP contribution in [0.4, 0.5) is 17.3 Å². The first kappa shape index (κ1) is 16.3. The second-order valence-electron chi connectivity index (χ2n) is 5.23. The third kappa shape index (κ3) is 3.50. The molecule has 0 radical (unpaired) electrons. The maximum atomic E-state index is 9.26. The minimum Gasteiger partial charge on any atom is -0.490 e. The van der Waals surface area contributed by atoms with Crippen LogP contribution in [0, 0.1) is 11.3 Å². The zero-order valence-electron chi connectivity index (χ0n) is 13.2. The summed E-state index contributed by atoms with van der Waals surface area (Å²) < 4.78 is 5.54. The number of nitrogens with zero attached hydrogens (tertiary/aromatic N) is 4. The van der Waals surface area contributed by atoms with Gasteiger partial charge in [-0.2, -0.15) is 15.2 Å². The summed E-state index contributed by atoms with van der Waals surface area (Å²) in [5.41, 5.74) is 0.798. The van der Waals surface area contributed by atoms with E-state index in [-0.39, 0.29) is 5.82 Å². The minimum atomic E-state index is 0.0980. The van der Waals surface area contributed by atoms with Crippen LogP contribution < -0.4 is 20.3 Å². The summed E-state index contributed by atoms with van der Waals surface area (Å²) in [6, 6.07) is 9.23. The van der Waals surface area contributed by atoms with E-state index in [1.807, 2.05) is 18.2 Å². The van der Waals surface area contributed by atoms with Gasteiger partial charge in [-0.25, -0.2) is 0 Å². The van der Waals surface area contributed by atoms with Crippen LogP contribution in [-0.4, -0.2) is 43.3 Å². The van der Waals surface area contributed by atoms with Gasteiger partial charge in [0.05, 0.1) is 7.11 Å². The molecule has 0 bridgehead atoms. The molecule has 2 N–H and O–H groups in total. The number of ether oxygens (including phenoxy) is 1. The Labute approximate surface area is 145 Å². The number of piperazine rings is 1. The lowest BCUT2D eigenvalue weighted by Gasteiger charge is -2.29. The van der Waals surface area contributed by atoms with Gasteiger partial charge in [-0.1, -0.05) is 11.6 Å². The van der Waals surface area contributed by atoms with Crippen molar-refractivity contribution in [1.29, 1.82) is 5.26 Å². The quantitative estimate of drug-likeness (QED) is 0.878. The lowest BCUT2D eigenvalue weighted by molar-refractivity contribution is 0.411. The predicted octanol–water partition coefficient (Wildman–Crippen LogP) is 2.16. The van der Waals surface area contributed by atoms with Gasteiger partial charge in [0.2, 0.25) is 11.6 Å². The molecule has 0 amide bonds. The summed E-state index contributed by atoms with van der Waals surface area (Å²) in [7, 11) is 1.57. The van der Waals surface area contributed by atoms with Crippen LogP contribution in [0.15, 0.2) is 24.3 Å². The maximum absolute atomic E-state index is 9.26. The second kappa shape index (κ2) is 7.34. The number of hydrogen-bond acceptors (Lipinski definition) is 7. The number of methoxy groups -OCH3 is 1. The first-order chi connectivity index (χ1) is 11.7. The van der Waals surface area contributed by atoms with Gasteiger partial charge in [-0.15, -0.1) is 0 Å². The third-order valence-electron chi connectivity index (χ3n) is 3.68. The average Bonchev–Trinajstić information content (AvgIpc) is 2.63. The monoisotopic (exact) mass is 344 g/mol. The van der Waals surface area contributed by atoms with Crippen molar-refractivity contribution >= 4 is 28.9 Å². The van der Waals surface area contributed by atoms with E-state index in [2.05, 4.69) is 25.5 Å². The average molecular weight is 345 g/mol. The van der Waals surface area contributed by atoms with Crippen LogP contribution in [0.2, 0.25) is 5.02 Å². The summed E-state index contributed by atoms with van der Waals surface area (Å²) in [4.78, 5) is 10.7. The molecule has 0 unspecified atom stereocenters. The van der Waals surface area contributed by atoms with Crippen LogP contribution in [0.25, 0.3) is 0 Å². The molecule has 2 heterocycles. The van der Waals surface area contributed by atoms with Crippen molar-refractivity contribution in [3.8, 4) is 11.8 Å². The number of nitrogens with one attached hydrogen (secondary N) is 2. The normalized spacial score (nSPS) is 14.1. The van der Waals surface area contributed by atoms with E-state index >= 15 is 0 Å². The molecule has 0 atom stereocenters. The van der Waals surface area contributed by atoms with Gasteiger partial charge in [-0.05, 0) is 24.3 Å². The molecule has 3 rings (SSSR count). The van der Waals surface area contributed by atoms with Crippen molar-refractivity contribution in [2.24, 2.45) is 0 Å². The van der Waals surface area contributed by atoms with Crippen molar-refractivity contribution in [3.63, 3.8) is 0 Å². The zero-order chi connectivity index (χ0) is 16.9. The Morgan fingerprint density at radius 2 is 1.96 bits per heavy atom. The number of aromatic nitrogens is 2. The Bertz CT molecular complexity index is 752. The lowest BCUT2D eigenvalue weighted by Crippen LogP contribution is -2.44. The molecule has 8 heteroatoms. The van der Waals surface area contributed by atoms with Gasteiger partial charge in [0.15, 0.2) is 11.6 Å². The van der Waals surface area contributed by atoms with Crippen LogP contribution in [-0.2, 0) is 0 Å². The highest BCUT2D eigenvalue weighted by molar-refractivity contribution is 6.30. The first-order valence-electron chi connectivity index (χ1n) is 7.55. The fourth-order valence-electron chi connectivity index (χ4n) is 2.52. The predicted molar refractivity (Wildman–Crippen MR) is 93.1 cm³/mol. The first-order valence-corrected chi connectivity index (χ1v) is 7.93. The molecule has 7 nitrogen and oxygen atoms in total. The zero-order valence-corrected chi connectivity index (χ0v) is 14.0. The Balaban J connectivity index is 2.00. The minimum absolute atomic E-state index is 0.0980. The van der Waals surface area contributed by atoms with Crippen molar-refractivity contribution < 1.29 is 4.74 Å². The van der Waals surface area contributed by atoms with Crippen LogP contribution >= 0.6 is 11.6 Å². The van der Waals surface area contributed by atoms with Crippen molar-refractivity contribution in [2.45, 2.75) is 0 Å². The molecular formula is C16H17ClN6O. The van der Waals surface area contributed by atoms with Crippen molar-refractivity contribution in [1.82, 2.24) is 15.3 Å². The molecule has 24 heavy (non-hydrogen) atoms. The Hall–Kier alpha value is -2.56. The molecule has 0 spiro atoms. The number of benzene rings is 1. The number of halogens is 1. The SMILES string of the molecule is COc1c(Nc2ccc(Cl)cc2)nc(C#N)nc1N1CCNCC1. The lowest BCUT2D eigenvalue weighted by atomic mass is 10.3. The van der Waals surface area contributed by atoms with E-state index in [0.717, 1.165) is 31.9 Å². The summed E-state index contributed by atoms with van der Waals surface area (Å²) in [6.07, 6.45) is 0. The van der Waals surface area contributed by atoms with Crippen LogP contribution in [0.5, 0.6) is 5.75 Å². The number of anilines is 3. The highest BCUT2D eigenvalue weighted by Gasteiger charge is 2.22. The molecule has 2 aromatic rings. The molecule has 1 aromatic carbocycles. The molecule has 0 aliphatic carbocycles. The highest BCUT2D eigenvalue weighted by Crippen LogP contribution is 2.34. The van der Waals surface area contributed by atoms with Crippen LogP contribution in [0.1, 0.15) is 5.82 Å². The largest absolute Gasteiger partial charge is 0.490 e. The fourth-order valence-corrected chi connectivity index (χ4v) is 2.65. The summed E-state index contributed by atoms with van der Waals surface area (Å²) in [5.74, 6) is 1.70. The van der Waals surface area contributed by atoms with Gasteiger partial charge < -0.3 is 20.3 Å². The summed E-state index contributed by atoms with van der Waals surface area (Å²) >= 11 is 5.91. The van der Waals surface area contributed by atoms with Gasteiger partial charge in [0, 0.05) is 36.9 Å². The fraction of sp³-hybridized carbons (Fsp3) is 0.312. The molecule has 1 aromatic heterocycles. The van der Waals surface area contributed by atoms with E-state index < -0.39 is 0 Å². The smallest absolute Gasteiger partial charge is 0.236 e. The van der Waals surface area contributed by atoms with E-state index in [4.69, 9.17) is 16.3 Å². The van der Waals surface area contributed by atoms with Crippen molar-refractivity contribution in [2.75, 3.05) is 43.5 Å². The molecule has 0 saturated carbocycles. The van der Waals surface area contributed by atoms with Gasteiger partial charge in [0.25, 0.3) is 0 Å². The molecule has 1 aliphatic rings. The Morgan fingerprint density at radius 1 is 1.25 bits per heavy atom. The van der Waals surface area contributed by atoms with Gasteiger partial charge >= 0.3 is 0 Å². The summed E-state index contributed by atoms with van der Waals surface area (Å²) in [6.45, 7) is 3.29. The number of rotatable bonds is 4. The molecular weight excluding hydrogens is 328 g/mol. The van der Waals surface area contributed by atoms with Gasteiger partial charge in [-0.3, -0.25) is 0 Å². The standard InChI is InChI=1S/C16H17ClN6O/c1-24-14-15(20-12-4-2-11(17)3-5-12)21-13(10-18)22-16(14)23-8-6-19-7-9-23/h2-5,19H,6-9H2,1H3,(H,20,21,22). The van der Waals surface area contributed by atoms with E-state index in [9.17, 15) is 5.26 Å². The maximum Gasteiger partial charge on any atom is 0.236 e. The van der Waals surface area contributed by atoms with E-state index in [1.54, 1.807) is 19.2 Å². The van der Waals surface area contributed by atoms with E-state index in [1.165, 1.54) is 0 Å². The third-order valence-corrected chi connectivity index (χ3v) is 3.93. The number of hydrogen-bond donors (Lipinski definition) is 2. The molecule has 1 saturated heterocycles. The summed E-state index contributed by atoms with van der Waals surface area (Å²) in [5, 5.41) is 16.4. The molecule has 1 fully saturated rings. The topological polar surface area (TPSA) is 86.1 Å². The Morgan fingerprint density at radius 3 is 2.58 bits per heavy atom. The van der Waals surface area contributed by atoms with E-state index in [0.29, 0.717) is 22.4 Å². The second-order valence-corrected chi connectivity index (χ2v) is 5.67. The number of nitriles is 1. The molecule has 124 valence electrons. The van der Waals surface area contributed by atoms with Crippen LogP contribution in [0.3, 0.4) is 0 Å².